The van der Waals surface area contributed by atoms with Gasteiger partial charge in [0.15, 0.2) is 0 Å². The molecule has 14 heavy (non-hydrogen) atoms. The molecule has 1 aliphatic rings. The molecule has 0 saturated carbocycles. The lowest BCUT2D eigenvalue weighted by molar-refractivity contribution is 0.101. The Balaban J connectivity index is 2.45. The van der Waals surface area contributed by atoms with Crippen LogP contribution in [-0.4, -0.2) is 36.6 Å². The van der Waals surface area contributed by atoms with Crippen LogP contribution in [0.15, 0.2) is 0 Å². The first-order chi connectivity index (χ1) is 6.65. The Kier molecular flexibility index (Phi) is 4.90. The third-order valence-corrected chi connectivity index (χ3v) is 3.22. The van der Waals surface area contributed by atoms with E-state index in [0.29, 0.717) is 6.04 Å². The van der Waals surface area contributed by atoms with Crippen molar-refractivity contribution in [3.05, 3.63) is 0 Å². The standard InChI is InChI=1S/C12H26N2/c1-5-6-7-14-9-11(4)13-8-12(14)10(2)3/h10-13H,5-9H2,1-4H3. The van der Waals surface area contributed by atoms with E-state index in [1.54, 1.807) is 0 Å². The molecule has 0 radical (unpaired) electrons. The second-order valence-corrected chi connectivity index (χ2v) is 4.97. The SMILES string of the molecule is CCCCN1CC(C)NCC1C(C)C. The maximum Gasteiger partial charge on any atom is 0.0244 e. The maximum atomic E-state index is 3.58. The molecule has 1 aliphatic heterocycles. The van der Waals surface area contributed by atoms with Crippen molar-refractivity contribution in [2.45, 2.75) is 52.6 Å². The molecule has 1 N–H and O–H groups in total. The summed E-state index contributed by atoms with van der Waals surface area (Å²) >= 11 is 0. The number of rotatable bonds is 4. The zero-order valence-electron chi connectivity index (χ0n) is 10.2. The molecule has 2 heteroatoms. The topological polar surface area (TPSA) is 15.3 Å². The third kappa shape index (κ3) is 3.25. The van der Waals surface area contributed by atoms with Crippen LogP contribution in [0.25, 0.3) is 0 Å². The number of piperazine rings is 1. The number of nitrogens with zero attached hydrogens (tertiary/aromatic N) is 1. The van der Waals surface area contributed by atoms with Crippen LogP contribution in [0.1, 0.15) is 40.5 Å². The van der Waals surface area contributed by atoms with Gasteiger partial charge in [-0.1, -0.05) is 27.2 Å². The molecule has 0 aromatic heterocycles. The lowest BCUT2D eigenvalue weighted by Gasteiger charge is -2.41. The fourth-order valence-corrected chi connectivity index (χ4v) is 2.28. The van der Waals surface area contributed by atoms with Gasteiger partial charge in [0.2, 0.25) is 0 Å². The lowest BCUT2D eigenvalue weighted by atomic mass is 9.98. The predicted molar refractivity (Wildman–Crippen MR) is 62.6 cm³/mol. The molecular weight excluding hydrogens is 172 g/mol. The van der Waals surface area contributed by atoms with Crippen molar-refractivity contribution in [3.63, 3.8) is 0 Å². The van der Waals surface area contributed by atoms with Crippen LogP contribution in [0.2, 0.25) is 0 Å². The van der Waals surface area contributed by atoms with Gasteiger partial charge in [-0.2, -0.15) is 0 Å². The van der Waals surface area contributed by atoms with Gasteiger partial charge < -0.3 is 5.32 Å². The Morgan fingerprint density at radius 3 is 2.71 bits per heavy atom. The highest BCUT2D eigenvalue weighted by Crippen LogP contribution is 2.15. The first-order valence-corrected chi connectivity index (χ1v) is 6.12. The highest BCUT2D eigenvalue weighted by Gasteiger charge is 2.26. The van der Waals surface area contributed by atoms with E-state index >= 15 is 0 Å². The Labute approximate surface area is 89.1 Å². The monoisotopic (exact) mass is 198 g/mol. The second-order valence-electron chi connectivity index (χ2n) is 4.97. The zero-order chi connectivity index (χ0) is 10.6. The van der Waals surface area contributed by atoms with Gasteiger partial charge in [0, 0.05) is 25.2 Å². The maximum absolute atomic E-state index is 3.58. The smallest absolute Gasteiger partial charge is 0.0244 e. The van der Waals surface area contributed by atoms with Gasteiger partial charge in [-0.25, -0.2) is 0 Å². The highest BCUT2D eigenvalue weighted by molar-refractivity contribution is 4.85. The van der Waals surface area contributed by atoms with E-state index in [0.717, 1.165) is 12.0 Å². The summed E-state index contributed by atoms with van der Waals surface area (Å²) in [6, 6.07) is 1.42. The fourth-order valence-electron chi connectivity index (χ4n) is 2.28. The summed E-state index contributed by atoms with van der Waals surface area (Å²) in [5.74, 6) is 0.770. The van der Waals surface area contributed by atoms with Gasteiger partial charge in [-0.05, 0) is 25.8 Å². The van der Waals surface area contributed by atoms with Crippen LogP contribution in [0.4, 0.5) is 0 Å². The molecule has 2 unspecified atom stereocenters. The predicted octanol–water partition coefficient (Wildman–Crippen LogP) is 2.10. The average molecular weight is 198 g/mol. The van der Waals surface area contributed by atoms with Crippen LogP contribution < -0.4 is 5.32 Å². The van der Waals surface area contributed by atoms with Gasteiger partial charge >= 0.3 is 0 Å². The van der Waals surface area contributed by atoms with E-state index in [2.05, 4.69) is 37.9 Å². The van der Waals surface area contributed by atoms with Crippen molar-refractivity contribution in [3.8, 4) is 0 Å². The summed E-state index contributed by atoms with van der Waals surface area (Å²) in [4.78, 5) is 2.68. The van der Waals surface area contributed by atoms with Crippen LogP contribution in [0, 0.1) is 5.92 Å². The van der Waals surface area contributed by atoms with E-state index < -0.39 is 0 Å². The minimum Gasteiger partial charge on any atom is -0.311 e. The van der Waals surface area contributed by atoms with E-state index in [1.807, 2.05) is 0 Å². The summed E-state index contributed by atoms with van der Waals surface area (Å²) in [5.41, 5.74) is 0. The van der Waals surface area contributed by atoms with Gasteiger partial charge in [-0.3, -0.25) is 4.90 Å². The van der Waals surface area contributed by atoms with Crippen molar-refractivity contribution < 1.29 is 0 Å². The highest BCUT2D eigenvalue weighted by atomic mass is 15.2. The van der Waals surface area contributed by atoms with E-state index in [9.17, 15) is 0 Å². The summed E-state index contributed by atoms with van der Waals surface area (Å²) in [5, 5.41) is 3.58. The lowest BCUT2D eigenvalue weighted by Crippen LogP contribution is -2.57. The van der Waals surface area contributed by atoms with E-state index in [4.69, 9.17) is 0 Å². The Hall–Kier alpha value is -0.0800. The minimum atomic E-state index is 0.668. The largest absolute Gasteiger partial charge is 0.311 e. The quantitative estimate of drug-likeness (QED) is 0.744. The Bertz CT molecular complexity index is 156. The van der Waals surface area contributed by atoms with Crippen molar-refractivity contribution in [2.75, 3.05) is 19.6 Å². The number of hydrogen-bond acceptors (Lipinski definition) is 2. The minimum absolute atomic E-state index is 0.668. The molecule has 0 bridgehead atoms. The third-order valence-electron chi connectivity index (χ3n) is 3.22. The molecule has 0 aliphatic carbocycles. The molecule has 1 heterocycles. The second kappa shape index (κ2) is 5.72. The van der Waals surface area contributed by atoms with Crippen LogP contribution in [0.5, 0.6) is 0 Å². The molecule has 2 nitrogen and oxygen atoms in total. The molecule has 0 aromatic carbocycles. The van der Waals surface area contributed by atoms with Crippen LogP contribution in [0.3, 0.4) is 0 Å². The molecule has 84 valence electrons. The molecule has 0 aromatic rings. The number of unbranched alkanes of at least 4 members (excludes halogenated alkanes) is 1. The molecule has 1 rings (SSSR count). The van der Waals surface area contributed by atoms with Crippen molar-refractivity contribution >= 4 is 0 Å². The molecule has 2 atom stereocenters. The fraction of sp³-hybridized carbons (Fsp3) is 1.00. The first kappa shape index (κ1) is 12.0. The normalized spacial score (nSPS) is 29.8. The van der Waals surface area contributed by atoms with Gasteiger partial charge in [-0.15, -0.1) is 0 Å². The number of hydrogen-bond donors (Lipinski definition) is 1. The summed E-state index contributed by atoms with van der Waals surface area (Å²) < 4.78 is 0. The Morgan fingerprint density at radius 2 is 2.14 bits per heavy atom. The molecule has 0 amide bonds. The average Bonchev–Trinajstić information content (AvgIpc) is 2.14. The van der Waals surface area contributed by atoms with E-state index in [1.165, 1.54) is 32.5 Å². The van der Waals surface area contributed by atoms with Crippen LogP contribution in [-0.2, 0) is 0 Å². The molecule has 1 saturated heterocycles. The zero-order valence-corrected chi connectivity index (χ0v) is 10.2. The Morgan fingerprint density at radius 1 is 1.43 bits per heavy atom. The first-order valence-electron chi connectivity index (χ1n) is 6.12. The molecule has 0 spiro atoms. The summed E-state index contributed by atoms with van der Waals surface area (Å²) in [6.07, 6.45) is 2.65. The van der Waals surface area contributed by atoms with Crippen molar-refractivity contribution in [1.82, 2.24) is 10.2 Å². The van der Waals surface area contributed by atoms with Crippen molar-refractivity contribution in [1.29, 1.82) is 0 Å². The van der Waals surface area contributed by atoms with E-state index in [-0.39, 0.29) is 0 Å². The van der Waals surface area contributed by atoms with Crippen molar-refractivity contribution in [2.24, 2.45) is 5.92 Å². The van der Waals surface area contributed by atoms with Gasteiger partial charge in [0.1, 0.15) is 0 Å². The van der Waals surface area contributed by atoms with Gasteiger partial charge in [0.05, 0.1) is 0 Å². The summed E-state index contributed by atoms with van der Waals surface area (Å²) in [6.45, 7) is 12.9. The molecular formula is C12H26N2. The summed E-state index contributed by atoms with van der Waals surface area (Å²) in [7, 11) is 0. The molecule has 1 fully saturated rings. The van der Waals surface area contributed by atoms with Crippen LogP contribution >= 0.6 is 0 Å². The number of nitrogens with one attached hydrogen (secondary N) is 1. The van der Waals surface area contributed by atoms with Gasteiger partial charge in [0.25, 0.3) is 0 Å².